The van der Waals surface area contributed by atoms with Gasteiger partial charge in [-0.15, -0.1) is 0 Å². The monoisotopic (exact) mass is 226 g/mol. The number of hydrogen-bond donors (Lipinski definition) is 0. The van der Waals surface area contributed by atoms with E-state index in [2.05, 4.69) is 0 Å². The summed E-state index contributed by atoms with van der Waals surface area (Å²) in [6.45, 7) is 2.36. The van der Waals surface area contributed by atoms with Crippen molar-refractivity contribution in [2.45, 2.75) is 19.8 Å². The predicted molar refractivity (Wildman–Crippen MR) is 60.8 cm³/mol. The van der Waals surface area contributed by atoms with E-state index in [1.54, 1.807) is 0 Å². The molecule has 0 amide bonds. The highest BCUT2D eigenvalue weighted by atomic mass is 35.5. The molecule has 0 bridgehead atoms. The normalized spacial score (nSPS) is 13.7. The molecule has 2 rings (SSSR count). The molecular weight excluding hydrogens is 212 g/mol. The van der Waals surface area contributed by atoms with E-state index in [4.69, 9.17) is 16.3 Å². The van der Waals surface area contributed by atoms with Crippen molar-refractivity contribution in [3.8, 4) is 0 Å². The van der Waals surface area contributed by atoms with Gasteiger partial charge in [0.25, 0.3) is 0 Å². The van der Waals surface area contributed by atoms with Gasteiger partial charge in [-0.3, -0.25) is 4.79 Å². The molecule has 1 aliphatic carbocycles. The van der Waals surface area contributed by atoms with Crippen LogP contribution in [0.5, 0.6) is 0 Å². The lowest BCUT2D eigenvalue weighted by molar-refractivity contribution is -0.144. The van der Waals surface area contributed by atoms with E-state index in [0.29, 0.717) is 6.61 Å². The second-order valence-corrected chi connectivity index (χ2v) is 3.76. The first-order valence-corrected chi connectivity index (χ1v) is 5.49. The molecule has 0 aromatic heterocycles. The van der Waals surface area contributed by atoms with Crippen LogP contribution >= 0.6 is 11.6 Å². The Morgan fingerprint density at radius 2 is 2.00 bits per heavy atom. The number of rotatable bonds is 2. The van der Waals surface area contributed by atoms with Crippen LogP contribution in [0.2, 0.25) is 5.02 Å². The predicted octanol–water partition coefficient (Wildman–Crippen LogP) is 3.30. The third-order valence-corrected chi connectivity index (χ3v) is 2.18. The largest absolute Gasteiger partial charge is 0.466 e. The van der Waals surface area contributed by atoms with E-state index < -0.39 is 0 Å². The minimum atomic E-state index is -0.00694. The highest BCUT2D eigenvalue weighted by Crippen LogP contribution is 2.29. The molecule has 1 saturated carbocycles. The maximum atomic E-state index is 10.6. The van der Waals surface area contributed by atoms with Gasteiger partial charge >= 0.3 is 5.97 Å². The molecule has 0 atom stereocenters. The lowest BCUT2D eigenvalue weighted by Gasteiger charge is -1.95. The Balaban J connectivity index is 0.000000151. The molecule has 0 N–H and O–H groups in total. The van der Waals surface area contributed by atoms with Gasteiger partial charge in [-0.05, 0) is 31.9 Å². The minimum absolute atomic E-state index is 0.00694. The SMILES string of the molecule is CCOC(=O)C1CC1.Clc1ccccc1. The van der Waals surface area contributed by atoms with Gasteiger partial charge < -0.3 is 4.74 Å². The summed E-state index contributed by atoms with van der Waals surface area (Å²) in [5.74, 6) is 0.252. The molecule has 0 aliphatic heterocycles. The third kappa shape index (κ3) is 5.43. The molecule has 0 spiro atoms. The van der Waals surface area contributed by atoms with Crippen LogP contribution in [0.1, 0.15) is 19.8 Å². The molecule has 15 heavy (non-hydrogen) atoms. The first-order valence-electron chi connectivity index (χ1n) is 5.11. The van der Waals surface area contributed by atoms with E-state index in [1.807, 2.05) is 37.3 Å². The lowest BCUT2D eigenvalue weighted by atomic mass is 10.4. The second-order valence-electron chi connectivity index (χ2n) is 3.32. The van der Waals surface area contributed by atoms with Crippen LogP contribution in [-0.2, 0) is 9.53 Å². The van der Waals surface area contributed by atoms with E-state index >= 15 is 0 Å². The average molecular weight is 227 g/mol. The molecule has 0 unspecified atom stereocenters. The van der Waals surface area contributed by atoms with E-state index in [9.17, 15) is 4.79 Å². The first-order chi connectivity index (χ1) is 7.24. The quantitative estimate of drug-likeness (QED) is 0.724. The van der Waals surface area contributed by atoms with Gasteiger partial charge in [0.15, 0.2) is 0 Å². The zero-order chi connectivity index (χ0) is 11.1. The summed E-state index contributed by atoms with van der Waals surface area (Å²) in [6.07, 6.45) is 2.08. The summed E-state index contributed by atoms with van der Waals surface area (Å²) in [7, 11) is 0. The van der Waals surface area contributed by atoms with Gasteiger partial charge in [0, 0.05) is 5.02 Å². The highest BCUT2D eigenvalue weighted by molar-refractivity contribution is 6.30. The van der Waals surface area contributed by atoms with E-state index in [1.165, 1.54) is 0 Å². The Hall–Kier alpha value is -1.02. The Labute approximate surface area is 95.2 Å². The Morgan fingerprint density at radius 1 is 1.40 bits per heavy atom. The van der Waals surface area contributed by atoms with Crippen LogP contribution in [0.4, 0.5) is 0 Å². The Kier molecular flexibility index (Phi) is 5.19. The number of carbonyl (C=O) groups is 1. The van der Waals surface area contributed by atoms with Crippen molar-refractivity contribution >= 4 is 17.6 Å². The summed E-state index contributed by atoms with van der Waals surface area (Å²) in [5.41, 5.74) is 0. The van der Waals surface area contributed by atoms with Gasteiger partial charge in [-0.2, -0.15) is 0 Å². The minimum Gasteiger partial charge on any atom is -0.466 e. The fourth-order valence-electron chi connectivity index (χ4n) is 0.994. The fourth-order valence-corrected chi connectivity index (χ4v) is 1.14. The first kappa shape index (κ1) is 12.1. The molecule has 1 aromatic rings. The second kappa shape index (κ2) is 6.46. The van der Waals surface area contributed by atoms with Crippen LogP contribution in [0.15, 0.2) is 30.3 Å². The Morgan fingerprint density at radius 3 is 2.33 bits per heavy atom. The molecule has 2 nitrogen and oxygen atoms in total. The van der Waals surface area contributed by atoms with Crippen LogP contribution < -0.4 is 0 Å². The zero-order valence-electron chi connectivity index (χ0n) is 8.78. The van der Waals surface area contributed by atoms with Gasteiger partial charge in [-0.25, -0.2) is 0 Å². The molecule has 0 saturated heterocycles. The van der Waals surface area contributed by atoms with Gasteiger partial charge in [0.05, 0.1) is 12.5 Å². The average Bonchev–Trinajstić information content (AvgIpc) is 3.03. The number of benzene rings is 1. The summed E-state index contributed by atoms with van der Waals surface area (Å²) >= 11 is 5.54. The van der Waals surface area contributed by atoms with Crippen molar-refractivity contribution in [3.63, 3.8) is 0 Å². The van der Waals surface area contributed by atoms with Crippen molar-refractivity contribution in [1.82, 2.24) is 0 Å². The molecular formula is C12H15ClO2. The van der Waals surface area contributed by atoms with Crippen molar-refractivity contribution in [1.29, 1.82) is 0 Å². The Bertz CT molecular complexity index is 294. The summed E-state index contributed by atoms with van der Waals surface area (Å²) in [6, 6.07) is 9.44. The standard InChI is InChI=1S/C6H5Cl.C6H10O2/c7-6-4-2-1-3-5-6;1-2-8-6(7)5-3-4-5/h1-5H;5H,2-4H2,1H3. The molecule has 0 heterocycles. The molecule has 0 radical (unpaired) electrons. The fraction of sp³-hybridized carbons (Fsp3) is 0.417. The maximum Gasteiger partial charge on any atom is 0.308 e. The molecule has 82 valence electrons. The van der Waals surface area contributed by atoms with Crippen molar-refractivity contribution in [2.75, 3.05) is 6.61 Å². The lowest BCUT2D eigenvalue weighted by Crippen LogP contribution is -2.04. The van der Waals surface area contributed by atoms with Crippen molar-refractivity contribution in [3.05, 3.63) is 35.4 Å². The summed E-state index contributed by atoms with van der Waals surface area (Å²) < 4.78 is 4.73. The van der Waals surface area contributed by atoms with Crippen LogP contribution in [0.3, 0.4) is 0 Å². The number of esters is 1. The van der Waals surface area contributed by atoms with Crippen molar-refractivity contribution in [2.24, 2.45) is 5.92 Å². The summed E-state index contributed by atoms with van der Waals surface area (Å²) in [4.78, 5) is 10.6. The molecule has 1 fully saturated rings. The summed E-state index contributed by atoms with van der Waals surface area (Å²) in [5, 5.41) is 0.794. The van der Waals surface area contributed by atoms with Crippen LogP contribution in [0, 0.1) is 5.92 Å². The van der Waals surface area contributed by atoms with E-state index in [-0.39, 0.29) is 11.9 Å². The van der Waals surface area contributed by atoms with E-state index in [0.717, 1.165) is 17.9 Å². The number of halogens is 1. The third-order valence-electron chi connectivity index (χ3n) is 1.93. The molecule has 1 aromatic carbocycles. The van der Waals surface area contributed by atoms with Crippen LogP contribution in [0.25, 0.3) is 0 Å². The van der Waals surface area contributed by atoms with Crippen molar-refractivity contribution < 1.29 is 9.53 Å². The van der Waals surface area contributed by atoms with Gasteiger partial charge in [-0.1, -0.05) is 29.8 Å². The maximum absolute atomic E-state index is 10.6. The molecule has 3 heteroatoms. The zero-order valence-corrected chi connectivity index (χ0v) is 9.54. The topological polar surface area (TPSA) is 26.3 Å². The number of ether oxygens (including phenoxy) is 1. The van der Waals surface area contributed by atoms with Crippen LogP contribution in [-0.4, -0.2) is 12.6 Å². The number of hydrogen-bond acceptors (Lipinski definition) is 2. The highest BCUT2D eigenvalue weighted by Gasteiger charge is 2.30. The van der Waals surface area contributed by atoms with Gasteiger partial charge in [0.1, 0.15) is 0 Å². The molecule has 1 aliphatic rings. The smallest absolute Gasteiger partial charge is 0.308 e. The number of carbonyl (C=O) groups excluding carboxylic acids is 1. The van der Waals surface area contributed by atoms with Gasteiger partial charge in [0.2, 0.25) is 0 Å².